The molecule has 0 radical (unpaired) electrons. The third kappa shape index (κ3) is 2.97. The predicted octanol–water partition coefficient (Wildman–Crippen LogP) is 1.32. The second-order valence-corrected chi connectivity index (χ2v) is 5.64. The number of nitrogens with two attached hydrogens (primary N) is 1. The molecule has 0 atom stereocenters. The quantitative estimate of drug-likeness (QED) is 0.756. The summed E-state index contributed by atoms with van der Waals surface area (Å²) < 4.78 is 1.15. The van der Waals surface area contributed by atoms with Crippen molar-refractivity contribution < 1.29 is 9.59 Å². The molecular weight excluding hydrogens is 316 g/mol. The molecule has 8 heteroatoms. The van der Waals surface area contributed by atoms with E-state index in [2.05, 4.69) is 4.98 Å². The first kappa shape index (κ1) is 14.9. The Kier molecular flexibility index (Phi) is 3.90. The summed E-state index contributed by atoms with van der Waals surface area (Å²) in [5.74, 6) is -0.669. The zero-order valence-electron chi connectivity index (χ0n) is 11.9. The third-order valence-corrected chi connectivity index (χ3v) is 4.11. The maximum absolute atomic E-state index is 12.6. The van der Waals surface area contributed by atoms with Gasteiger partial charge < -0.3 is 5.73 Å². The Morgan fingerprint density at radius 1 is 1.26 bits per heavy atom. The van der Waals surface area contributed by atoms with Gasteiger partial charge in [-0.15, -0.1) is 11.3 Å². The molecule has 0 aliphatic carbocycles. The van der Waals surface area contributed by atoms with Crippen LogP contribution in [0.5, 0.6) is 0 Å². The van der Waals surface area contributed by atoms with Crippen LogP contribution in [0.2, 0.25) is 0 Å². The number of imide groups is 1. The van der Waals surface area contributed by atoms with Gasteiger partial charge in [0.2, 0.25) is 5.91 Å². The number of rotatable bonds is 3. The Labute approximate surface area is 134 Å². The molecule has 0 saturated heterocycles. The SMILES string of the molecule is NC(=O)NC(=O)Cn1cnc2scc(-c3ccccc3)c2c1=O. The molecule has 2 aromatic heterocycles. The molecule has 0 unspecified atom stereocenters. The Balaban J connectivity index is 2.06. The molecule has 3 rings (SSSR count). The van der Waals surface area contributed by atoms with Gasteiger partial charge in [-0.3, -0.25) is 19.5 Å². The molecule has 1 aromatic carbocycles. The molecule has 116 valence electrons. The largest absolute Gasteiger partial charge is 0.351 e. The molecule has 0 aliphatic rings. The van der Waals surface area contributed by atoms with Crippen LogP contribution in [0.15, 0.2) is 46.8 Å². The van der Waals surface area contributed by atoms with E-state index in [-0.39, 0.29) is 12.1 Å². The van der Waals surface area contributed by atoms with Crippen LogP contribution in [-0.2, 0) is 11.3 Å². The minimum atomic E-state index is -0.961. The van der Waals surface area contributed by atoms with Crippen molar-refractivity contribution in [2.24, 2.45) is 5.73 Å². The maximum Gasteiger partial charge on any atom is 0.318 e. The molecular formula is C15H12N4O3S. The van der Waals surface area contributed by atoms with Crippen LogP contribution < -0.4 is 16.6 Å². The van der Waals surface area contributed by atoms with E-state index in [0.29, 0.717) is 10.2 Å². The van der Waals surface area contributed by atoms with Crippen LogP contribution in [0.1, 0.15) is 0 Å². The standard InChI is InChI=1S/C15H12N4O3S/c16-15(22)18-11(20)6-19-8-17-13-12(14(19)21)10(7-23-13)9-4-2-1-3-5-9/h1-5,7-8H,6H2,(H3,16,18,20,22). The van der Waals surface area contributed by atoms with Gasteiger partial charge in [-0.1, -0.05) is 30.3 Å². The van der Waals surface area contributed by atoms with Crippen molar-refractivity contribution in [1.29, 1.82) is 0 Å². The highest BCUT2D eigenvalue weighted by Crippen LogP contribution is 2.30. The number of nitrogens with zero attached hydrogens (tertiary/aromatic N) is 2. The van der Waals surface area contributed by atoms with Crippen LogP contribution in [0.3, 0.4) is 0 Å². The Morgan fingerprint density at radius 2 is 2.00 bits per heavy atom. The molecule has 0 aliphatic heterocycles. The summed E-state index contributed by atoms with van der Waals surface area (Å²) in [4.78, 5) is 39.7. The number of hydrogen-bond donors (Lipinski definition) is 2. The number of primary amides is 1. The van der Waals surface area contributed by atoms with Crippen molar-refractivity contribution in [3.05, 3.63) is 52.4 Å². The molecule has 0 saturated carbocycles. The van der Waals surface area contributed by atoms with E-state index in [9.17, 15) is 14.4 Å². The number of hydrogen-bond acceptors (Lipinski definition) is 5. The number of carbonyl (C=O) groups excluding carboxylic acids is 2. The van der Waals surface area contributed by atoms with E-state index in [1.165, 1.54) is 17.7 Å². The van der Waals surface area contributed by atoms with Crippen molar-refractivity contribution in [3.63, 3.8) is 0 Å². The van der Waals surface area contributed by atoms with E-state index >= 15 is 0 Å². The average Bonchev–Trinajstić information content (AvgIpc) is 2.95. The highest BCUT2D eigenvalue weighted by atomic mass is 32.1. The highest BCUT2D eigenvalue weighted by Gasteiger charge is 2.14. The third-order valence-electron chi connectivity index (χ3n) is 3.22. The first-order valence-corrected chi connectivity index (χ1v) is 7.55. The molecule has 3 amide bonds. The number of aromatic nitrogens is 2. The van der Waals surface area contributed by atoms with Crippen molar-refractivity contribution >= 4 is 33.5 Å². The summed E-state index contributed by atoms with van der Waals surface area (Å²) in [7, 11) is 0. The van der Waals surface area contributed by atoms with Crippen molar-refractivity contribution in [3.8, 4) is 11.1 Å². The van der Waals surface area contributed by atoms with Gasteiger partial charge in [-0.2, -0.15) is 0 Å². The van der Waals surface area contributed by atoms with Crippen LogP contribution in [0, 0.1) is 0 Å². The lowest BCUT2D eigenvalue weighted by Gasteiger charge is -2.05. The fourth-order valence-corrected chi connectivity index (χ4v) is 3.15. The lowest BCUT2D eigenvalue weighted by Crippen LogP contribution is -2.39. The Morgan fingerprint density at radius 3 is 2.70 bits per heavy atom. The molecule has 23 heavy (non-hydrogen) atoms. The van der Waals surface area contributed by atoms with Gasteiger partial charge in [0.25, 0.3) is 5.56 Å². The number of thiophene rings is 1. The zero-order valence-corrected chi connectivity index (χ0v) is 12.7. The summed E-state index contributed by atoms with van der Waals surface area (Å²) in [6.45, 7) is -0.325. The fourth-order valence-electron chi connectivity index (χ4n) is 2.24. The number of fused-ring (bicyclic) bond motifs is 1. The van der Waals surface area contributed by atoms with Gasteiger partial charge in [0.15, 0.2) is 0 Å². The lowest BCUT2D eigenvalue weighted by atomic mass is 10.1. The first-order valence-electron chi connectivity index (χ1n) is 6.67. The van der Waals surface area contributed by atoms with Crippen LogP contribution >= 0.6 is 11.3 Å². The number of nitrogens with one attached hydrogen (secondary N) is 1. The van der Waals surface area contributed by atoms with E-state index in [0.717, 1.165) is 15.7 Å². The first-order chi connectivity index (χ1) is 11.1. The number of urea groups is 1. The van der Waals surface area contributed by atoms with Gasteiger partial charge >= 0.3 is 6.03 Å². The topological polar surface area (TPSA) is 107 Å². The van der Waals surface area contributed by atoms with Gasteiger partial charge in [0.05, 0.1) is 11.7 Å². The second-order valence-electron chi connectivity index (χ2n) is 4.79. The summed E-state index contributed by atoms with van der Waals surface area (Å²) >= 11 is 1.36. The molecule has 0 spiro atoms. The van der Waals surface area contributed by atoms with Crippen molar-refractivity contribution in [2.45, 2.75) is 6.54 Å². The van der Waals surface area contributed by atoms with Crippen molar-refractivity contribution in [2.75, 3.05) is 0 Å². The molecule has 3 aromatic rings. The van der Waals surface area contributed by atoms with Crippen LogP contribution in [-0.4, -0.2) is 21.5 Å². The molecule has 0 fully saturated rings. The number of benzene rings is 1. The number of carbonyl (C=O) groups is 2. The van der Waals surface area contributed by atoms with Gasteiger partial charge in [-0.25, -0.2) is 9.78 Å². The maximum atomic E-state index is 12.6. The van der Waals surface area contributed by atoms with E-state index in [4.69, 9.17) is 5.73 Å². The zero-order chi connectivity index (χ0) is 16.4. The second kappa shape index (κ2) is 6.01. The van der Waals surface area contributed by atoms with Crippen LogP contribution in [0.4, 0.5) is 4.79 Å². The minimum Gasteiger partial charge on any atom is -0.351 e. The molecule has 7 nitrogen and oxygen atoms in total. The summed E-state index contributed by atoms with van der Waals surface area (Å²) in [5, 5.41) is 4.24. The summed E-state index contributed by atoms with van der Waals surface area (Å²) in [5.41, 5.74) is 6.22. The van der Waals surface area contributed by atoms with Gasteiger partial charge in [-0.05, 0) is 5.56 Å². The van der Waals surface area contributed by atoms with E-state index < -0.39 is 11.9 Å². The Hall–Kier alpha value is -3.00. The van der Waals surface area contributed by atoms with E-state index in [1.54, 1.807) is 0 Å². The fraction of sp³-hybridized carbons (Fsp3) is 0.0667. The predicted molar refractivity (Wildman–Crippen MR) is 87.0 cm³/mol. The van der Waals surface area contributed by atoms with Gasteiger partial charge in [0, 0.05) is 10.9 Å². The molecule has 0 bridgehead atoms. The summed E-state index contributed by atoms with van der Waals surface area (Å²) in [6, 6.07) is 8.50. The molecule has 2 heterocycles. The Bertz CT molecular complexity index is 946. The normalized spacial score (nSPS) is 10.6. The molecule has 3 N–H and O–H groups in total. The monoisotopic (exact) mass is 328 g/mol. The number of amides is 3. The smallest absolute Gasteiger partial charge is 0.318 e. The van der Waals surface area contributed by atoms with Crippen molar-refractivity contribution in [1.82, 2.24) is 14.9 Å². The lowest BCUT2D eigenvalue weighted by molar-refractivity contribution is -0.120. The minimum absolute atomic E-state index is 0.325. The van der Waals surface area contributed by atoms with Gasteiger partial charge in [0.1, 0.15) is 11.4 Å². The average molecular weight is 328 g/mol. The highest BCUT2D eigenvalue weighted by molar-refractivity contribution is 7.17. The summed E-state index contributed by atoms with van der Waals surface area (Å²) in [6.07, 6.45) is 1.29. The van der Waals surface area contributed by atoms with Crippen LogP contribution in [0.25, 0.3) is 21.3 Å². The van der Waals surface area contributed by atoms with E-state index in [1.807, 2.05) is 41.0 Å².